The molecule has 0 N–H and O–H groups in total. The monoisotopic (exact) mass is 256 g/mol. The van der Waals surface area contributed by atoms with Gasteiger partial charge < -0.3 is 9.53 Å². The molecule has 0 saturated heterocycles. The van der Waals surface area contributed by atoms with E-state index >= 15 is 0 Å². The summed E-state index contributed by atoms with van der Waals surface area (Å²) < 4.78 is 5.73. The van der Waals surface area contributed by atoms with Crippen LogP contribution in [0.4, 0.5) is 0 Å². The number of hydrogen-bond acceptors (Lipinski definition) is 2. The van der Waals surface area contributed by atoms with Crippen molar-refractivity contribution >= 4 is 6.29 Å². The maximum atomic E-state index is 11.5. The molecule has 1 aromatic rings. The number of ether oxygens (including phenoxy) is 1. The molecule has 2 nitrogen and oxygen atoms in total. The Morgan fingerprint density at radius 2 is 2.11 bits per heavy atom. The number of aldehydes is 1. The van der Waals surface area contributed by atoms with E-state index in [2.05, 4.69) is 24.3 Å². The van der Waals surface area contributed by atoms with E-state index in [1.807, 2.05) is 18.2 Å². The lowest BCUT2D eigenvalue weighted by Gasteiger charge is -2.29. The number of hydrogen-bond donors (Lipinski definition) is 0. The average molecular weight is 256 g/mol. The molecule has 1 fully saturated rings. The molecule has 19 heavy (non-hydrogen) atoms. The lowest BCUT2D eigenvalue weighted by atomic mass is 9.75. The van der Waals surface area contributed by atoms with E-state index in [0.717, 1.165) is 19.3 Å². The van der Waals surface area contributed by atoms with Crippen LogP contribution in [0, 0.1) is 17.3 Å². The summed E-state index contributed by atoms with van der Waals surface area (Å²) in [5.74, 6) is 1.08. The van der Waals surface area contributed by atoms with Crippen molar-refractivity contribution in [3.05, 3.63) is 48.0 Å². The van der Waals surface area contributed by atoms with Crippen molar-refractivity contribution in [2.45, 2.75) is 25.9 Å². The Bertz CT molecular complexity index is 465. The van der Waals surface area contributed by atoms with Gasteiger partial charge in [0, 0.05) is 12.0 Å². The van der Waals surface area contributed by atoms with E-state index < -0.39 is 0 Å². The Morgan fingerprint density at radius 3 is 2.74 bits per heavy atom. The molecule has 0 heterocycles. The molecule has 3 atom stereocenters. The second-order valence-electron chi connectivity index (χ2n) is 5.83. The minimum atomic E-state index is -0.143. The molecule has 2 bridgehead atoms. The van der Waals surface area contributed by atoms with Crippen LogP contribution in [0.15, 0.2) is 42.5 Å². The van der Waals surface area contributed by atoms with Gasteiger partial charge in [-0.05, 0) is 36.7 Å². The van der Waals surface area contributed by atoms with Crippen LogP contribution in [0.2, 0.25) is 0 Å². The Morgan fingerprint density at radius 1 is 1.26 bits per heavy atom. The molecule has 0 amide bonds. The quantitative estimate of drug-likeness (QED) is 0.443. The van der Waals surface area contributed by atoms with Crippen LogP contribution in [0.1, 0.15) is 24.8 Å². The molecule has 1 saturated carbocycles. The number of allylic oxidation sites excluding steroid dienone is 2. The van der Waals surface area contributed by atoms with Crippen molar-refractivity contribution in [3.63, 3.8) is 0 Å². The van der Waals surface area contributed by atoms with Crippen LogP contribution in [0.25, 0.3) is 0 Å². The molecular weight excluding hydrogens is 236 g/mol. The van der Waals surface area contributed by atoms with Gasteiger partial charge in [0.25, 0.3) is 0 Å². The van der Waals surface area contributed by atoms with Crippen molar-refractivity contribution in [2.24, 2.45) is 17.3 Å². The van der Waals surface area contributed by atoms with Gasteiger partial charge in [0.1, 0.15) is 6.29 Å². The van der Waals surface area contributed by atoms with Gasteiger partial charge in [-0.15, -0.1) is 0 Å². The van der Waals surface area contributed by atoms with Gasteiger partial charge in [-0.3, -0.25) is 0 Å². The predicted molar refractivity (Wildman–Crippen MR) is 74.6 cm³/mol. The van der Waals surface area contributed by atoms with Crippen LogP contribution < -0.4 is 0 Å². The van der Waals surface area contributed by atoms with Crippen molar-refractivity contribution in [2.75, 3.05) is 6.61 Å². The largest absolute Gasteiger partial charge is 0.377 e. The summed E-state index contributed by atoms with van der Waals surface area (Å²) in [6.07, 6.45) is 8.74. The van der Waals surface area contributed by atoms with Crippen molar-refractivity contribution in [1.82, 2.24) is 0 Å². The van der Waals surface area contributed by atoms with Crippen molar-refractivity contribution in [1.29, 1.82) is 0 Å². The first kappa shape index (κ1) is 12.6. The highest BCUT2D eigenvalue weighted by molar-refractivity contribution is 5.62. The number of rotatable bonds is 6. The summed E-state index contributed by atoms with van der Waals surface area (Å²) in [4.78, 5) is 11.5. The van der Waals surface area contributed by atoms with Crippen LogP contribution in [-0.4, -0.2) is 12.9 Å². The predicted octanol–water partition coefficient (Wildman–Crippen LogP) is 3.37. The molecule has 0 aromatic heterocycles. The van der Waals surface area contributed by atoms with E-state index in [9.17, 15) is 4.79 Å². The summed E-state index contributed by atoms with van der Waals surface area (Å²) in [7, 11) is 0. The smallest absolute Gasteiger partial charge is 0.126 e. The minimum absolute atomic E-state index is 0.143. The summed E-state index contributed by atoms with van der Waals surface area (Å²) in [6.45, 7) is 1.31. The molecule has 2 aliphatic rings. The topological polar surface area (TPSA) is 26.3 Å². The second-order valence-corrected chi connectivity index (χ2v) is 5.83. The summed E-state index contributed by atoms with van der Waals surface area (Å²) >= 11 is 0. The molecular formula is C17H20O2. The highest BCUT2D eigenvalue weighted by atomic mass is 16.5. The zero-order valence-electron chi connectivity index (χ0n) is 11.1. The second kappa shape index (κ2) is 5.30. The number of carbonyl (C=O) groups is 1. The highest BCUT2D eigenvalue weighted by Gasteiger charge is 2.47. The third-order valence-corrected chi connectivity index (χ3v) is 4.61. The number of fused-ring (bicyclic) bond motifs is 2. The molecule has 3 rings (SSSR count). The maximum absolute atomic E-state index is 11.5. The molecule has 2 aliphatic carbocycles. The van der Waals surface area contributed by atoms with Gasteiger partial charge in [0.05, 0.1) is 6.61 Å². The zero-order valence-corrected chi connectivity index (χ0v) is 11.1. The van der Waals surface area contributed by atoms with Crippen LogP contribution in [-0.2, 0) is 16.1 Å². The Hall–Kier alpha value is -1.41. The molecule has 2 heteroatoms. The van der Waals surface area contributed by atoms with E-state index in [0.29, 0.717) is 25.0 Å². The first-order valence-electron chi connectivity index (χ1n) is 7.09. The molecule has 0 spiro atoms. The molecule has 0 radical (unpaired) electrons. The van der Waals surface area contributed by atoms with E-state index in [1.54, 1.807) is 0 Å². The third kappa shape index (κ3) is 2.50. The summed E-state index contributed by atoms with van der Waals surface area (Å²) in [6, 6.07) is 10.2. The van der Waals surface area contributed by atoms with Gasteiger partial charge in [-0.1, -0.05) is 42.5 Å². The summed E-state index contributed by atoms with van der Waals surface area (Å²) in [5, 5.41) is 0. The third-order valence-electron chi connectivity index (χ3n) is 4.61. The van der Waals surface area contributed by atoms with Crippen molar-refractivity contribution < 1.29 is 9.53 Å². The van der Waals surface area contributed by atoms with Crippen LogP contribution in [0.3, 0.4) is 0 Å². The molecule has 3 unspecified atom stereocenters. The first-order valence-corrected chi connectivity index (χ1v) is 7.09. The number of benzene rings is 1. The minimum Gasteiger partial charge on any atom is -0.377 e. The van der Waals surface area contributed by atoms with Gasteiger partial charge in [0.15, 0.2) is 0 Å². The number of carbonyl (C=O) groups excluding carboxylic acids is 1. The van der Waals surface area contributed by atoms with E-state index in [4.69, 9.17) is 4.74 Å². The van der Waals surface area contributed by atoms with Gasteiger partial charge in [-0.2, -0.15) is 0 Å². The normalized spacial score (nSPS) is 31.8. The molecule has 100 valence electrons. The Kier molecular flexibility index (Phi) is 3.52. The van der Waals surface area contributed by atoms with Gasteiger partial charge in [-0.25, -0.2) is 0 Å². The Balaban J connectivity index is 1.49. The standard InChI is InChI=1S/C17H20O2/c18-13-17(11-15-6-7-16(17)10-15)8-9-19-12-14-4-2-1-3-5-14/h1-7,13,15-16H,8-12H2. The zero-order chi connectivity index (χ0) is 13.1. The van der Waals surface area contributed by atoms with Gasteiger partial charge in [0.2, 0.25) is 0 Å². The summed E-state index contributed by atoms with van der Waals surface area (Å²) in [5.41, 5.74) is 1.05. The van der Waals surface area contributed by atoms with E-state index in [1.165, 1.54) is 11.8 Å². The molecule has 1 aromatic carbocycles. The van der Waals surface area contributed by atoms with Crippen molar-refractivity contribution in [3.8, 4) is 0 Å². The molecule has 0 aliphatic heterocycles. The lowest BCUT2D eigenvalue weighted by molar-refractivity contribution is -0.118. The fourth-order valence-corrected chi connectivity index (χ4v) is 3.50. The first-order chi connectivity index (χ1) is 9.32. The maximum Gasteiger partial charge on any atom is 0.126 e. The highest BCUT2D eigenvalue weighted by Crippen LogP contribution is 2.52. The van der Waals surface area contributed by atoms with Gasteiger partial charge >= 0.3 is 0 Å². The van der Waals surface area contributed by atoms with Crippen LogP contribution >= 0.6 is 0 Å². The lowest BCUT2D eigenvalue weighted by Crippen LogP contribution is -2.29. The average Bonchev–Trinajstić information content (AvgIpc) is 3.06. The SMILES string of the molecule is O=CC1(CCOCc2ccccc2)CC2C=CC1C2. The Labute approximate surface area is 114 Å². The van der Waals surface area contributed by atoms with E-state index in [-0.39, 0.29) is 5.41 Å². The van der Waals surface area contributed by atoms with Crippen LogP contribution in [0.5, 0.6) is 0 Å². The fourth-order valence-electron chi connectivity index (χ4n) is 3.50. The fraction of sp³-hybridized carbons (Fsp3) is 0.471.